The normalized spacial score (nSPS) is 21.7. The van der Waals surface area contributed by atoms with Crippen molar-refractivity contribution >= 4 is 11.8 Å². The number of carbonyl (C=O) groups is 2. The molecule has 2 aromatic carbocycles. The Balaban J connectivity index is 1.48. The number of carbonyl (C=O) groups excluding carboxylic acids is 2. The van der Waals surface area contributed by atoms with Crippen LogP contribution < -0.4 is 0 Å². The molecule has 1 N–H and O–H groups in total. The maximum atomic E-state index is 12.9. The van der Waals surface area contributed by atoms with Gasteiger partial charge < -0.3 is 14.9 Å². The monoisotopic (exact) mass is 364 g/mol. The second-order valence-electron chi connectivity index (χ2n) is 7.63. The summed E-state index contributed by atoms with van der Waals surface area (Å²) in [5.74, 6) is 0.118. The summed E-state index contributed by atoms with van der Waals surface area (Å²) in [7, 11) is 1.90. The van der Waals surface area contributed by atoms with Crippen molar-refractivity contribution in [3.63, 3.8) is 0 Å². The Bertz CT molecular complexity index is 857. The van der Waals surface area contributed by atoms with E-state index in [4.69, 9.17) is 0 Å². The molecule has 5 heteroatoms. The molecule has 4 rings (SSSR count). The van der Waals surface area contributed by atoms with Crippen LogP contribution in [-0.4, -0.2) is 52.4 Å². The molecule has 2 fully saturated rings. The Morgan fingerprint density at radius 2 is 1.78 bits per heavy atom. The van der Waals surface area contributed by atoms with Gasteiger partial charge in [-0.3, -0.25) is 9.59 Å². The Hall–Kier alpha value is -2.82. The first-order valence-corrected chi connectivity index (χ1v) is 9.41. The van der Waals surface area contributed by atoms with Crippen molar-refractivity contribution in [2.75, 3.05) is 20.1 Å². The van der Waals surface area contributed by atoms with Crippen LogP contribution in [-0.2, 0) is 4.79 Å². The van der Waals surface area contributed by atoms with Gasteiger partial charge in [-0.25, -0.2) is 0 Å². The average Bonchev–Trinajstić information content (AvgIpc) is 2.94. The fraction of sp³-hybridized carbons (Fsp3) is 0.364. The predicted molar refractivity (Wildman–Crippen MR) is 103 cm³/mol. The zero-order valence-corrected chi connectivity index (χ0v) is 15.5. The van der Waals surface area contributed by atoms with Crippen LogP contribution in [0.5, 0.6) is 5.75 Å². The van der Waals surface area contributed by atoms with Gasteiger partial charge in [0.2, 0.25) is 5.91 Å². The van der Waals surface area contributed by atoms with Crippen LogP contribution in [0, 0.1) is 0 Å². The zero-order valence-electron chi connectivity index (χ0n) is 15.5. The van der Waals surface area contributed by atoms with Gasteiger partial charge in [0.25, 0.3) is 5.91 Å². The highest BCUT2D eigenvalue weighted by Crippen LogP contribution is 2.44. The van der Waals surface area contributed by atoms with E-state index in [1.807, 2.05) is 47.2 Å². The van der Waals surface area contributed by atoms with E-state index in [-0.39, 0.29) is 29.0 Å². The lowest BCUT2D eigenvalue weighted by molar-refractivity contribution is -0.131. The van der Waals surface area contributed by atoms with Gasteiger partial charge in [-0.05, 0) is 43.0 Å². The number of likely N-dealkylation sites (tertiary alicyclic amines) is 2. The van der Waals surface area contributed by atoms with E-state index in [1.54, 1.807) is 18.2 Å². The van der Waals surface area contributed by atoms with Gasteiger partial charge in [-0.2, -0.15) is 0 Å². The Morgan fingerprint density at radius 1 is 1.07 bits per heavy atom. The van der Waals surface area contributed by atoms with E-state index in [0.29, 0.717) is 18.7 Å². The van der Waals surface area contributed by atoms with E-state index in [1.165, 1.54) is 6.07 Å². The molecular formula is C22H24N2O3. The fourth-order valence-electron chi connectivity index (χ4n) is 4.50. The highest BCUT2D eigenvalue weighted by atomic mass is 16.3. The first-order valence-electron chi connectivity index (χ1n) is 9.41. The topological polar surface area (TPSA) is 60.9 Å². The quantitative estimate of drug-likeness (QED) is 0.891. The van der Waals surface area contributed by atoms with Gasteiger partial charge in [-0.1, -0.05) is 36.4 Å². The van der Waals surface area contributed by atoms with E-state index < -0.39 is 0 Å². The minimum Gasteiger partial charge on any atom is -0.508 e. The first kappa shape index (κ1) is 17.6. The fourth-order valence-corrected chi connectivity index (χ4v) is 4.50. The third kappa shape index (κ3) is 3.07. The second-order valence-corrected chi connectivity index (χ2v) is 7.63. The summed E-state index contributed by atoms with van der Waals surface area (Å²) in [5.41, 5.74) is 1.40. The minimum atomic E-state index is -0.173. The van der Waals surface area contributed by atoms with Crippen LogP contribution in [0.2, 0.25) is 0 Å². The lowest BCUT2D eigenvalue weighted by atomic mass is 9.81. The highest BCUT2D eigenvalue weighted by Gasteiger charge is 2.50. The summed E-state index contributed by atoms with van der Waals surface area (Å²) in [6.45, 7) is 1.24. The molecule has 2 aromatic rings. The lowest BCUT2D eigenvalue weighted by Gasteiger charge is -2.43. The number of phenols is 1. The number of amides is 2. The van der Waals surface area contributed by atoms with E-state index in [9.17, 15) is 14.7 Å². The largest absolute Gasteiger partial charge is 0.508 e. The van der Waals surface area contributed by atoms with Crippen molar-refractivity contribution in [1.82, 2.24) is 9.80 Å². The summed E-state index contributed by atoms with van der Waals surface area (Å²) in [6, 6.07) is 16.4. The Kier molecular flexibility index (Phi) is 4.38. The maximum absolute atomic E-state index is 12.9. The zero-order chi connectivity index (χ0) is 19.0. The van der Waals surface area contributed by atoms with Crippen LogP contribution in [0.3, 0.4) is 0 Å². The molecule has 2 saturated heterocycles. The molecule has 140 valence electrons. The van der Waals surface area contributed by atoms with Crippen LogP contribution in [0.1, 0.15) is 41.1 Å². The molecule has 0 aliphatic carbocycles. The number of phenolic OH excluding ortho intramolecular Hbond substituents is 1. The van der Waals surface area contributed by atoms with Crippen LogP contribution >= 0.6 is 0 Å². The molecule has 27 heavy (non-hydrogen) atoms. The number of aromatic hydroxyl groups is 1. The molecule has 0 bridgehead atoms. The van der Waals surface area contributed by atoms with Crippen molar-refractivity contribution in [2.24, 2.45) is 0 Å². The summed E-state index contributed by atoms with van der Waals surface area (Å²) in [6.07, 6.45) is 2.37. The number of benzene rings is 2. The van der Waals surface area contributed by atoms with Crippen molar-refractivity contribution in [3.05, 3.63) is 65.7 Å². The average molecular weight is 364 g/mol. The van der Waals surface area contributed by atoms with E-state index in [2.05, 4.69) is 0 Å². The van der Waals surface area contributed by atoms with Crippen molar-refractivity contribution in [2.45, 2.75) is 30.7 Å². The van der Waals surface area contributed by atoms with Crippen LogP contribution in [0.4, 0.5) is 0 Å². The van der Waals surface area contributed by atoms with Crippen LogP contribution in [0.25, 0.3) is 0 Å². The van der Waals surface area contributed by atoms with Gasteiger partial charge in [0.1, 0.15) is 5.75 Å². The molecule has 2 heterocycles. The van der Waals surface area contributed by atoms with Gasteiger partial charge in [0.05, 0.1) is 5.92 Å². The number of hydrogen-bond donors (Lipinski definition) is 1. The minimum absolute atomic E-state index is 0.0627. The standard InChI is InChI=1S/C22H24N2O3/c1-23-21(27)19(16-6-3-2-4-7-16)15-22(23)10-12-24(13-11-22)20(26)17-8-5-9-18(25)14-17/h2-9,14,19,25H,10-13,15H2,1H3. The number of rotatable bonds is 2. The van der Waals surface area contributed by atoms with Crippen LogP contribution in [0.15, 0.2) is 54.6 Å². The smallest absolute Gasteiger partial charge is 0.253 e. The number of piperidine rings is 1. The van der Waals surface area contributed by atoms with Crippen molar-refractivity contribution in [1.29, 1.82) is 0 Å². The lowest BCUT2D eigenvalue weighted by Crippen LogP contribution is -2.52. The van der Waals surface area contributed by atoms with Gasteiger partial charge in [0, 0.05) is 31.2 Å². The third-order valence-corrected chi connectivity index (χ3v) is 6.20. The van der Waals surface area contributed by atoms with Crippen molar-refractivity contribution < 1.29 is 14.7 Å². The SMILES string of the molecule is CN1C(=O)C(c2ccccc2)CC12CCN(C(=O)c1cccc(O)c1)CC2. The molecule has 5 nitrogen and oxygen atoms in total. The van der Waals surface area contributed by atoms with E-state index in [0.717, 1.165) is 24.8 Å². The molecular weight excluding hydrogens is 340 g/mol. The van der Waals surface area contributed by atoms with Gasteiger partial charge >= 0.3 is 0 Å². The van der Waals surface area contributed by atoms with E-state index >= 15 is 0 Å². The molecule has 1 spiro atoms. The molecule has 1 atom stereocenters. The maximum Gasteiger partial charge on any atom is 0.253 e. The first-order chi connectivity index (χ1) is 13.0. The summed E-state index contributed by atoms with van der Waals surface area (Å²) in [4.78, 5) is 29.3. The highest BCUT2D eigenvalue weighted by molar-refractivity contribution is 5.94. The summed E-state index contributed by atoms with van der Waals surface area (Å²) in [5, 5.41) is 9.61. The summed E-state index contributed by atoms with van der Waals surface area (Å²) >= 11 is 0. The van der Waals surface area contributed by atoms with Gasteiger partial charge in [0.15, 0.2) is 0 Å². The summed E-state index contributed by atoms with van der Waals surface area (Å²) < 4.78 is 0. The molecule has 0 aromatic heterocycles. The molecule has 2 aliphatic heterocycles. The molecule has 0 saturated carbocycles. The Morgan fingerprint density at radius 3 is 2.44 bits per heavy atom. The predicted octanol–water partition coefficient (Wildman–Crippen LogP) is 3.01. The molecule has 1 unspecified atom stereocenters. The number of likely N-dealkylation sites (N-methyl/N-ethyl adjacent to an activating group) is 1. The second kappa shape index (κ2) is 6.72. The molecule has 2 aliphatic rings. The Labute approximate surface area is 159 Å². The third-order valence-electron chi connectivity index (χ3n) is 6.20. The number of hydrogen-bond acceptors (Lipinski definition) is 3. The van der Waals surface area contributed by atoms with Crippen molar-refractivity contribution in [3.8, 4) is 5.75 Å². The molecule has 2 amide bonds. The van der Waals surface area contributed by atoms with Gasteiger partial charge in [-0.15, -0.1) is 0 Å². The number of nitrogens with zero attached hydrogens (tertiary/aromatic N) is 2. The molecule has 0 radical (unpaired) electrons.